The van der Waals surface area contributed by atoms with E-state index in [1.165, 1.54) is 19.2 Å². The van der Waals surface area contributed by atoms with Crippen LogP contribution in [0.3, 0.4) is 0 Å². The van der Waals surface area contributed by atoms with Crippen LogP contribution in [0.2, 0.25) is 5.02 Å². The summed E-state index contributed by atoms with van der Waals surface area (Å²) < 4.78 is 36.4. The number of halogens is 2. The van der Waals surface area contributed by atoms with Crippen molar-refractivity contribution in [3.8, 4) is 11.5 Å². The van der Waals surface area contributed by atoms with Gasteiger partial charge in [-0.3, -0.25) is 4.79 Å². The minimum absolute atomic E-state index is 0.0189. The van der Waals surface area contributed by atoms with Crippen LogP contribution in [0.5, 0.6) is 11.5 Å². The number of rotatable bonds is 8. The highest BCUT2D eigenvalue weighted by Gasteiger charge is 2.43. The summed E-state index contributed by atoms with van der Waals surface area (Å²) in [5, 5.41) is 3.37. The van der Waals surface area contributed by atoms with Gasteiger partial charge in [0.25, 0.3) is 0 Å². The second-order valence-corrected chi connectivity index (χ2v) is 9.30. The first kappa shape index (κ1) is 26.7. The van der Waals surface area contributed by atoms with Gasteiger partial charge in [-0.05, 0) is 49.1 Å². The Balaban J connectivity index is 1.78. The maximum Gasteiger partial charge on any atom is 0.336 e. The standard InChI is InChI=1S/C28H29ClFNO6/c1-15-24(28(33)37-11-10-34-2)27(25-18(29)6-5-7-19(25)30)26-20(31-15)12-17(13-21(26)32)16-8-9-22(35-3)23(14-16)36-4/h5-9,14,17,27,31H,10-13H2,1-4H3/t17-,27-/m1/s1. The topological polar surface area (TPSA) is 83.1 Å². The summed E-state index contributed by atoms with van der Waals surface area (Å²) in [5.74, 6) is -1.46. The van der Waals surface area contributed by atoms with E-state index >= 15 is 4.39 Å². The molecule has 0 aromatic heterocycles. The third-order valence-electron chi connectivity index (χ3n) is 6.74. The van der Waals surface area contributed by atoms with Crippen molar-refractivity contribution in [2.75, 3.05) is 34.5 Å². The smallest absolute Gasteiger partial charge is 0.336 e. The number of carbonyl (C=O) groups is 2. The first-order valence-corrected chi connectivity index (χ1v) is 12.2. The molecule has 0 radical (unpaired) electrons. The quantitative estimate of drug-likeness (QED) is 0.378. The average molecular weight is 530 g/mol. The van der Waals surface area contributed by atoms with Crippen molar-refractivity contribution in [2.45, 2.75) is 31.6 Å². The lowest BCUT2D eigenvalue weighted by Crippen LogP contribution is -2.36. The molecule has 9 heteroatoms. The Morgan fingerprint density at radius 1 is 1.08 bits per heavy atom. The first-order chi connectivity index (χ1) is 17.8. The molecule has 1 N–H and O–H groups in total. The molecule has 1 heterocycles. The van der Waals surface area contributed by atoms with Gasteiger partial charge in [0.2, 0.25) is 0 Å². The zero-order valence-electron chi connectivity index (χ0n) is 21.2. The van der Waals surface area contributed by atoms with Gasteiger partial charge in [-0.25, -0.2) is 9.18 Å². The minimum Gasteiger partial charge on any atom is -0.493 e. The van der Waals surface area contributed by atoms with Crippen molar-refractivity contribution >= 4 is 23.4 Å². The number of ether oxygens (including phenoxy) is 4. The van der Waals surface area contributed by atoms with Crippen molar-refractivity contribution in [3.05, 3.63) is 80.9 Å². The Labute approximate surface area is 220 Å². The van der Waals surface area contributed by atoms with E-state index in [4.69, 9.17) is 30.5 Å². The van der Waals surface area contributed by atoms with E-state index < -0.39 is 17.7 Å². The van der Waals surface area contributed by atoms with Gasteiger partial charge in [0.1, 0.15) is 12.4 Å². The third-order valence-corrected chi connectivity index (χ3v) is 7.07. The molecule has 0 spiro atoms. The maximum atomic E-state index is 15.2. The summed E-state index contributed by atoms with van der Waals surface area (Å²) in [4.78, 5) is 26.9. The summed E-state index contributed by atoms with van der Waals surface area (Å²) in [6.07, 6.45) is 0.645. The molecule has 0 saturated heterocycles. The summed E-state index contributed by atoms with van der Waals surface area (Å²) in [6.45, 7) is 1.94. The van der Waals surface area contributed by atoms with Gasteiger partial charge >= 0.3 is 5.97 Å². The van der Waals surface area contributed by atoms with Crippen molar-refractivity contribution in [1.82, 2.24) is 5.32 Å². The van der Waals surface area contributed by atoms with E-state index in [1.54, 1.807) is 33.3 Å². The van der Waals surface area contributed by atoms with Gasteiger partial charge < -0.3 is 24.3 Å². The highest BCUT2D eigenvalue weighted by Crippen LogP contribution is 2.48. The van der Waals surface area contributed by atoms with Crippen LogP contribution in [0, 0.1) is 5.82 Å². The summed E-state index contributed by atoms with van der Waals surface area (Å²) in [7, 11) is 4.61. The van der Waals surface area contributed by atoms with Gasteiger partial charge in [-0.1, -0.05) is 23.7 Å². The van der Waals surface area contributed by atoms with E-state index in [0.29, 0.717) is 34.9 Å². The molecular weight excluding hydrogens is 501 g/mol. The predicted molar refractivity (Wildman–Crippen MR) is 136 cm³/mol. The van der Waals surface area contributed by atoms with E-state index in [0.717, 1.165) is 5.56 Å². The largest absolute Gasteiger partial charge is 0.493 e. The molecule has 0 amide bonds. The molecule has 2 aromatic carbocycles. The molecule has 2 aliphatic rings. The number of carbonyl (C=O) groups excluding carboxylic acids is 2. The van der Waals surface area contributed by atoms with Crippen LogP contribution in [0.15, 0.2) is 58.9 Å². The van der Waals surface area contributed by atoms with Crippen LogP contribution < -0.4 is 14.8 Å². The lowest BCUT2D eigenvalue weighted by Gasteiger charge is -2.37. The molecule has 0 fully saturated rings. The van der Waals surface area contributed by atoms with Gasteiger partial charge in [0.15, 0.2) is 17.3 Å². The molecule has 0 unspecified atom stereocenters. The lowest BCUT2D eigenvalue weighted by molar-refractivity contribution is -0.140. The Bertz CT molecular complexity index is 1270. The summed E-state index contributed by atoms with van der Waals surface area (Å²) in [6, 6.07) is 9.87. The molecule has 2 atom stereocenters. The van der Waals surface area contributed by atoms with E-state index in [1.807, 2.05) is 12.1 Å². The van der Waals surface area contributed by atoms with Gasteiger partial charge in [0, 0.05) is 41.1 Å². The van der Waals surface area contributed by atoms with Crippen LogP contribution in [0.4, 0.5) is 4.39 Å². The molecule has 37 heavy (non-hydrogen) atoms. The summed E-state index contributed by atoms with van der Waals surface area (Å²) in [5.41, 5.74) is 2.57. The van der Waals surface area contributed by atoms with Gasteiger partial charge in [0.05, 0.1) is 32.3 Å². The fourth-order valence-corrected chi connectivity index (χ4v) is 5.29. The van der Waals surface area contributed by atoms with E-state index in [9.17, 15) is 9.59 Å². The number of hydrogen-bond acceptors (Lipinski definition) is 7. The second-order valence-electron chi connectivity index (χ2n) is 8.90. The average Bonchev–Trinajstić information content (AvgIpc) is 2.87. The number of dihydropyridines is 1. The molecule has 0 bridgehead atoms. The monoisotopic (exact) mass is 529 g/mol. The Morgan fingerprint density at radius 3 is 2.51 bits per heavy atom. The van der Waals surface area contributed by atoms with E-state index in [-0.39, 0.29) is 47.5 Å². The van der Waals surface area contributed by atoms with Crippen molar-refractivity contribution in [3.63, 3.8) is 0 Å². The molecule has 0 saturated carbocycles. The van der Waals surface area contributed by atoms with Gasteiger partial charge in [-0.2, -0.15) is 0 Å². The Morgan fingerprint density at radius 2 is 1.84 bits per heavy atom. The number of hydrogen-bond donors (Lipinski definition) is 1. The molecule has 1 aliphatic heterocycles. The van der Waals surface area contributed by atoms with Crippen LogP contribution in [-0.2, 0) is 19.1 Å². The van der Waals surface area contributed by atoms with Crippen LogP contribution in [0.25, 0.3) is 0 Å². The number of esters is 1. The van der Waals surface area contributed by atoms with Crippen LogP contribution in [0.1, 0.15) is 42.7 Å². The number of ketones is 1. The zero-order chi connectivity index (χ0) is 26.7. The molecule has 4 rings (SSSR count). The molecule has 1 aliphatic carbocycles. The number of methoxy groups -OCH3 is 3. The van der Waals surface area contributed by atoms with Crippen molar-refractivity contribution in [2.24, 2.45) is 0 Å². The van der Waals surface area contributed by atoms with Crippen molar-refractivity contribution < 1.29 is 32.9 Å². The number of Topliss-reactive ketones (excluding diaryl/α,β-unsaturated/α-hetero) is 1. The van der Waals surface area contributed by atoms with Crippen LogP contribution in [-0.4, -0.2) is 46.3 Å². The predicted octanol–water partition coefficient (Wildman–Crippen LogP) is 5.05. The van der Waals surface area contributed by atoms with Crippen LogP contribution >= 0.6 is 11.6 Å². The number of benzene rings is 2. The SMILES string of the molecule is COCCOC(=O)C1=C(C)NC2=C(C(=O)C[C@H](c3ccc(OC)c(OC)c3)C2)[C@H]1c1c(F)cccc1Cl. The lowest BCUT2D eigenvalue weighted by atomic mass is 9.71. The Kier molecular flexibility index (Phi) is 8.19. The Hall–Kier alpha value is -3.36. The normalized spacial score (nSPS) is 19.4. The minimum atomic E-state index is -1.00. The fraction of sp³-hybridized carbons (Fsp3) is 0.357. The third kappa shape index (κ3) is 5.22. The zero-order valence-corrected chi connectivity index (χ0v) is 21.9. The molecule has 2 aromatic rings. The highest BCUT2D eigenvalue weighted by molar-refractivity contribution is 6.31. The maximum absolute atomic E-state index is 15.2. The van der Waals surface area contributed by atoms with Crippen molar-refractivity contribution in [1.29, 1.82) is 0 Å². The van der Waals surface area contributed by atoms with Gasteiger partial charge in [-0.15, -0.1) is 0 Å². The number of allylic oxidation sites excluding steroid dienone is 3. The highest BCUT2D eigenvalue weighted by atomic mass is 35.5. The molecular formula is C28H29ClFNO6. The van der Waals surface area contributed by atoms with E-state index in [2.05, 4.69) is 5.32 Å². The molecule has 7 nitrogen and oxygen atoms in total. The fourth-order valence-electron chi connectivity index (χ4n) is 5.02. The number of nitrogens with one attached hydrogen (secondary N) is 1. The molecule has 196 valence electrons. The first-order valence-electron chi connectivity index (χ1n) is 11.9. The summed E-state index contributed by atoms with van der Waals surface area (Å²) >= 11 is 6.46. The second kappa shape index (κ2) is 11.4.